The minimum atomic E-state index is -0.525. The van der Waals surface area contributed by atoms with Gasteiger partial charge in [-0.05, 0) is 29.8 Å². The van der Waals surface area contributed by atoms with E-state index in [1.165, 1.54) is 0 Å². The number of hydrogen-bond acceptors (Lipinski definition) is 5. The number of hydrogen-bond donors (Lipinski definition) is 3. The second-order valence-corrected chi connectivity index (χ2v) is 6.16. The van der Waals surface area contributed by atoms with E-state index in [4.69, 9.17) is 10.5 Å². The van der Waals surface area contributed by atoms with Crippen molar-refractivity contribution in [2.24, 2.45) is 7.05 Å². The molecule has 0 saturated carbocycles. The molecule has 0 fully saturated rings. The molecule has 28 heavy (non-hydrogen) atoms. The molecule has 0 aliphatic rings. The van der Waals surface area contributed by atoms with E-state index < -0.39 is 6.09 Å². The number of aryl methyl sites for hydroxylation is 1. The van der Waals surface area contributed by atoms with Gasteiger partial charge in [-0.3, -0.25) is 4.79 Å². The molecule has 8 heteroatoms. The predicted octanol–water partition coefficient (Wildman–Crippen LogP) is 2.68. The van der Waals surface area contributed by atoms with Crippen molar-refractivity contribution in [3.05, 3.63) is 77.9 Å². The highest BCUT2D eigenvalue weighted by Gasteiger charge is 2.09. The van der Waals surface area contributed by atoms with Crippen LogP contribution in [0.5, 0.6) is 0 Å². The van der Waals surface area contributed by atoms with Crippen molar-refractivity contribution in [2.75, 3.05) is 11.1 Å². The zero-order valence-electron chi connectivity index (χ0n) is 15.4. The second kappa shape index (κ2) is 8.72. The van der Waals surface area contributed by atoms with E-state index in [9.17, 15) is 9.59 Å². The van der Waals surface area contributed by atoms with Crippen LogP contribution in [0.2, 0.25) is 0 Å². The number of carbonyl (C=O) groups is 2. The lowest BCUT2D eigenvalue weighted by atomic mass is 10.1. The first kappa shape index (κ1) is 19.0. The monoisotopic (exact) mass is 379 g/mol. The Balaban J connectivity index is 1.48. The maximum absolute atomic E-state index is 12.3. The number of nitrogens with zero attached hydrogens (tertiary/aromatic N) is 2. The van der Waals surface area contributed by atoms with Crippen LogP contribution in [0.4, 0.5) is 16.2 Å². The minimum Gasteiger partial charge on any atom is -0.443 e. The zero-order chi connectivity index (χ0) is 19.9. The van der Waals surface area contributed by atoms with Gasteiger partial charge in [0, 0.05) is 19.2 Å². The smallest absolute Gasteiger partial charge is 0.407 e. The van der Waals surface area contributed by atoms with Crippen molar-refractivity contribution in [2.45, 2.75) is 13.2 Å². The molecule has 144 valence electrons. The van der Waals surface area contributed by atoms with Crippen LogP contribution in [0.1, 0.15) is 21.6 Å². The molecule has 1 aromatic heterocycles. The molecule has 1 heterocycles. The normalized spacial score (nSPS) is 10.3. The second-order valence-electron chi connectivity index (χ2n) is 6.16. The lowest BCUT2D eigenvalue weighted by Gasteiger charge is -2.09. The number of aromatic nitrogens is 2. The van der Waals surface area contributed by atoms with Crippen LogP contribution < -0.4 is 16.4 Å². The predicted molar refractivity (Wildman–Crippen MR) is 105 cm³/mol. The fourth-order valence-corrected chi connectivity index (χ4v) is 2.47. The molecule has 0 aliphatic carbocycles. The van der Waals surface area contributed by atoms with Crippen molar-refractivity contribution < 1.29 is 14.3 Å². The lowest BCUT2D eigenvalue weighted by Crippen LogP contribution is -2.24. The number of amides is 2. The summed E-state index contributed by atoms with van der Waals surface area (Å²) >= 11 is 0. The number of ether oxygens (including phenoxy) is 1. The number of rotatable bonds is 6. The SMILES string of the molecule is Cn1cncc1COC(=O)NCc1ccc(C(=O)Nc2ccccc2N)cc1. The Morgan fingerprint density at radius 1 is 1.14 bits per heavy atom. The van der Waals surface area contributed by atoms with Crippen LogP contribution in [0.3, 0.4) is 0 Å². The van der Waals surface area contributed by atoms with Gasteiger partial charge in [-0.15, -0.1) is 0 Å². The number of anilines is 2. The molecule has 0 aliphatic heterocycles. The molecule has 2 aromatic carbocycles. The van der Waals surface area contributed by atoms with Crippen molar-refractivity contribution in [3.63, 3.8) is 0 Å². The van der Waals surface area contributed by atoms with Crippen LogP contribution in [0, 0.1) is 0 Å². The summed E-state index contributed by atoms with van der Waals surface area (Å²) in [6.07, 6.45) is 2.75. The highest BCUT2D eigenvalue weighted by molar-refractivity contribution is 6.05. The molecule has 3 rings (SSSR count). The summed E-state index contributed by atoms with van der Waals surface area (Å²) in [5.41, 5.74) is 9.03. The fraction of sp³-hybridized carbons (Fsp3) is 0.150. The van der Waals surface area contributed by atoms with E-state index in [0.717, 1.165) is 11.3 Å². The van der Waals surface area contributed by atoms with E-state index in [2.05, 4.69) is 15.6 Å². The van der Waals surface area contributed by atoms with Gasteiger partial charge >= 0.3 is 6.09 Å². The van der Waals surface area contributed by atoms with Gasteiger partial charge in [0.25, 0.3) is 5.91 Å². The summed E-state index contributed by atoms with van der Waals surface area (Å²) < 4.78 is 6.92. The Bertz CT molecular complexity index is 966. The van der Waals surface area contributed by atoms with Gasteiger partial charge < -0.3 is 25.7 Å². The number of nitrogen functional groups attached to an aromatic ring is 1. The average molecular weight is 379 g/mol. The van der Waals surface area contributed by atoms with Gasteiger partial charge in [-0.1, -0.05) is 24.3 Å². The van der Waals surface area contributed by atoms with Gasteiger partial charge in [0.05, 0.1) is 29.6 Å². The highest BCUT2D eigenvalue weighted by Crippen LogP contribution is 2.18. The standard InChI is InChI=1S/C20H21N5O3/c1-25-13-22-11-16(25)12-28-20(27)23-10-14-6-8-15(9-7-14)19(26)24-18-5-3-2-4-17(18)21/h2-9,11,13H,10,12,21H2,1H3,(H,23,27)(H,24,26). The van der Waals surface area contributed by atoms with Crippen molar-refractivity contribution in [1.82, 2.24) is 14.9 Å². The molecule has 0 atom stereocenters. The summed E-state index contributed by atoms with van der Waals surface area (Å²) in [5.74, 6) is -0.256. The van der Waals surface area contributed by atoms with Crippen LogP contribution in [0.25, 0.3) is 0 Å². The van der Waals surface area contributed by atoms with Gasteiger partial charge in [-0.2, -0.15) is 0 Å². The molecular weight excluding hydrogens is 358 g/mol. The Morgan fingerprint density at radius 3 is 2.57 bits per heavy atom. The number of benzene rings is 2. The van der Waals surface area contributed by atoms with Gasteiger partial charge in [0.15, 0.2) is 0 Å². The third kappa shape index (κ3) is 4.88. The third-order valence-corrected chi connectivity index (χ3v) is 4.13. The highest BCUT2D eigenvalue weighted by atomic mass is 16.5. The zero-order valence-corrected chi connectivity index (χ0v) is 15.4. The number of imidazole rings is 1. The Morgan fingerprint density at radius 2 is 1.89 bits per heavy atom. The third-order valence-electron chi connectivity index (χ3n) is 4.13. The average Bonchev–Trinajstić information content (AvgIpc) is 3.11. The molecule has 0 radical (unpaired) electrons. The molecule has 0 spiro atoms. The van der Waals surface area contributed by atoms with Crippen LogP contribution in [0.15, 0.2) is 61.1 Å². The lowest BCUT2D eigenvalue weighted by molar-refractivity contribution is 0.102. The molecule has 0 bridgehead atoms. The van der Waals surface area contributed by atoms with Crippen LogP contribution in [-0.4, -0.2) is 21.6 Å². The molecular formula is C20H21N5O3. The summed E-state index contributed by atoms with van der Waals surface area (Å²) in [7, 11) is 1.83. The van der Waals surface area contributed by atoms with Crippen molar-refractivity contribution >= 4 is 23.4 Å². The quantitative estimate of drug-likeness (QED) is 0.570. The number of carbonyl (C=O) groups excluding carboxylic acids is 2. The summed E-state index contributed by atoms with van der Waals surface area (Å²) in [5, 5.41) is 5.44. The van der Waals surface area contributed by atoms with E-state index in [1.54, 1.807) is 65.6 Å². The van der Waals surface area contributed by atoms with Crippen LogP contribution >= 0.6 is 0 Å². The Kier molecular flexibility index (Phi) is 5.91. The number of alkyl carbamates (subject to hydrolysis) is 1. The van der Waals surface area contributed by atoms with E-state index >= 15 is 0 Å². The number of nitrogens with two attached hydrogens (primary N) is 1. The fourth-order valence-electron chi connectivity index (χ4n) is 2.47. The molecule has 0 unspecified atom stereocenters. The van der Waals surface area contributed by atoms with Gasteiger partial charge in [-0.25, -0.2) is 9.78 Å². The summed E-state index contributed by atoms with van der Waals surface area (Å²) in [6, 6.07) is 14.0. The molecule has 0 saturated heterocycles. The van der Waals surface area contributed by atoms with Crippen molar-refractivity contribution in [1.29, 1.82) is 0 Å². The Hall–Kier alpha value is -3.81. The first-order valence-corrected chi connectivity index (χ1v) is 8.63. The molecule has 2 amide bonds. The van der Waals surface area contributed by atoms with E-state index in [0.29, 0.717) is 16.9 Å². The molecule has 3 aromatic rings. The maximum atomic E-state index is 12.3. The first-order chi connectivity index (χ1) is 13.5. The molecule has 8 nitrogen and oxygen atoms in total. The van der Waals surface area contributed by atoms with Gasteiger partial charge in [0.2, 0.25) is 0 Å². The first-order valence-electron chi connectivity index (χ1n) is 8.63. The topological polar surface area (TPSA) is 111 Å². The minimum absolute atomic E-state index is 0.143. The summed E-state index contributed by atoms with van der Waals surface area (Å²) in [4.78, 5) is 28.1. The summed E-state index contributed by atoms with van der Waals surface area (Å²) in [6.45, 7) is 0.432. The number of para-hydroxylation sites is 2. The van der Waals surface area contributed by atoms with Gasteiger partial charge in [0.1, 0.15) is 6.61 Å². The number of nitrogens with one attached hydrogen (secondary N) is 2. The Labute approximate surface area is 162 Å². The van der Waals surface area contributed by atoms with Crippen molar-refractivity contribution in [3.8, 4) is 0 Å². The van der Waals surface area contributed by atoms with E-state index in [-0.39, 0.29) is 19.1 Å². The molecule has 4 N–H and O–H groups in total. The van der Waals surface area contributed by atoms with E-state index in [1.807, 2.05) is 7.05 Å². The maximum Gasteiger partial charge on any atom is 0.407 e. The van der Waals surface area contributed by atoms with Crippen LogP contribution in [-0.2, 0) is 24.9 Å². The largest absolute Gasteiger partial charge is 0.443 e.